The zero-order valence-corrected chi connectivity index (χ0v) is 17.5. The van der Waals surface area contributed by atoms with E-state index in [0.29, 0.717) is 15.8 Å². The van der Waals surface area contributed by atoms with Crippen molar-refractivity contribution in [2.75, 3.05) is 0 Å². The van der Waals surface area contributed by atoms with Crippen LogP contribution >= 0.6 is 23.2 Å². The van der Waals surface area contributed by atoms with Crippen molar-refractivity contribution in [3.8, 4) is 0 Å². The van der Waals surface area contributed by atoms with E-state index >= 15 is 0 Å². The van der Waals surface area contributed by atoms with Gasteiger partial charge in [0.05, 0.1) is 15.8 Å². The molecule has 27 heavy (non-hydrogen) atoms. The van der Waals surface area contributed by atoms with Crippen LogP contribution in [0.25, 0.3) is 0 Å². The molecule has 0 saturated heterocycles. The van der Waals surface area contributed by atoms with Crippen molar-refractivity contribution >= 4 is 34.8 Å². The zero-order chi connectivity index (χ0) is 19.8. The summed E-state index contributed by atoms with van der Waals surface area (Å²) in [5.41, 5.74) is 6.85. The van der Waals surface area contributed by atoms with Gasteiger partial charge >= 0.3 is 0 Å². The van der Waals surface area contributed by atoms with E-state index in [0.717, 1.165) is 12.0 Å². The second-order valence-corrected chi connectivity index (χ2v) is 8.94. The molecule has 0 aliphatic heterocycles. The molecule has 1 aliphatic rings. The van der Waals surface area contributed by atoms with Crippen LogP contribution in [0, 0.1) is 5.92 Å². The fraction of sp³-hybridized carbons (Fsp3) is 0.364. The summed E-state index contributed by atoms with van der Waals surface area (Å²) in [7, 11) is 0. The molecule has 3 rings (SSSR count). The van der Waals surface area contributed by atoms with Gasteiger partial charge in [0.15, 0.2) is 0 Å². The van der Waals surface area contributed by atoms with Crippen LogP contribution in [0.4, 0.5) is 0 Å². The van der Waals surface area contributed by atoms with Crippen LogP contribution in [-0.4, -0.2) is 11.6 Å². The molecule has 1 N–H and O–H groups in total. The van der Waals surface area contributed by atoms with Crippen LogP contribution in [0.15, 0.2) is 47.6 Å². The number of benzene rings is 2. The highest BCUT2D eigenvalue weighted by Crippen LogP contribution is 2.47. The highest BCUT2D eigenvalue weighted by molar-refractivity contribution is 6.42. The SMILES string of the molecule is C/C(=N/NC(=O)[C@H]1C[C@H]1c1ccc(C(C)(C)C)cc1)c1ccc(Cl)c(Cl)c1. The maximum Gasteiger partial charge on any atom is 0.243 e. The summed E-state index contributed by atoms with van der Waals surface area (Å²) in [5, 5.41) is 5.18. The van der Waals surface area contributed by atoms with Gasteiger partial charge in [0.2, 0.25) is 5.91 Å². The Kier molecular flexibility index (Phi) is 5.64. The third-order valence-electron chi connectivity index (χ3n) is 5.00. The lowest BCUT2D eigenvalue weighted by Gasteiger charge is -2.19. The summed E-state index contributed by atoms with van der Waals surface area (Å²) in [6.07, 6.45) is 0.863. The van der Waals surface area contributed by atoms with Gasteiger partial charge in [0, 0.05) is 5.92 Å². The molecule has 0 spiro atoms. The van der Waals surface area contributed by atoms with E-state index < -0.39 is 0 Å². The largest absolute Gasteiger partial charge is 0.273 e. The fourth-order valence-corrected chi connectivity index (χ4v) is 3.39. The molecule has 0 bridgehead atoms. The Morgan fingerprint density at radius 2 is 1.74 bits per heavy atom. The maximum absolute atomic E-state index is 12.4. The van der Waals surface area contributed by atoms with Gasteiger partial charge in [-0.2, -0.15) is 5.10 Å². The quantitative estimate of drug-likeness (QED) is 0.499. The Morgan fingerprint density at radius 1 is 1.07 bits per heavy atom. The Bertz CT molecular complexity index is 882. The van der Waals surface area contributed by atoms with E-state index in [-0.39, 0.29) is 23.2 Å². The van der Waals surface area contributed by atoms with Crippen molar-refractivity contribution in [2.24, 2.45) is 11.0 Å². The van der Waals surface area contributed by atoms with Crippen LogP contribution in [0.1, 0.15) is 56.7 Å². The van der Waals surface area contributed by atoms with E-state index in [1.165, 1.54) is 11.1 Å². The van der Waals surface area contributed by atoms with Crippen LogP contribution in [-0.2, 0) is 10.2 Å². The number of carbonyl (C=O) groups excluding carboxylic acids is 1. The molecule has 0 unspecified atom stereocenters. The second-order valence-electron chi connectivity index (χ2n) is 8.12. The molecule has 1 amide bonds. The number of halogens is 2. The van der Waals surface area contributed by atoms with Gasteiger partial charge in [-0.15, -0.1) is 0 Å². The standard InChI is InChI=1S/C22H24Cl2N2O/c1-13(15-7-10-19(23)20(24)11-15)25-26-21(27)18-12-17(18)14-5-8-16(9-6-14)22(2,3)4/h5-11,17-18H,12H2,1-4H3,(H,26,27)/b25-13-/t17-,18-/m0/s1. The summed E-state index contributed by atoms with van der Waals surface area (Å²) in [6.45, 7) is 8.42. The number of carbonyl (C=O) groups is 1. The van der Waals surface area contributed by atoms with Crippen molar-refractivity contribution in [3.63, 3.8) is 0 Å². The van der Waals surface area contributed by atoms with E-state index in [2.05, 4.69) is 55.6 Å². The molecule has 2 aromatic carbocycles. The van der Waals surface area contributed by atoms with Crippen LogP contribution in [0.2, 0.25) is 10.0 Å². The average molecular weight is 403 g/mol. The molecule has 1 fully saturated rings. The number of nitrogens with one attached hydrogen (secondary N) is 1. The van der Waals surface area contributed by atoms with Gasteiger partial charge in [-0.25, -0.2) is 5.43 Å². The number of rotatable bonds is 4. The molecule has 5 heteroatoms. The molecule has 1 aliphatic carbocycles. The zero-order valence-electron chi connectivity index (χ0n) is 16.0. The van der Waals surface area contributed by atoms with Gasteiger partial charge < -0.3 is 0 Å². The average Bonchev–Trinajstić information content (AvgIpc) is 3.42. The first-order chi connectivity index (χ1) is 12.7. The number of hydrogen-bond donors (Lipinski definition) is 1. The van der Waals surface area contributed by atoms with E-state index in [4.69, 9.17) is 23.2 Å². The second kappa shape index (κ2) is 7.65. The monoisotopic (exact) mass is 402 g/mol. The Labute approximate surface area is 170 Å². The normalized spacial score (nSPS) is 19.7. The number of hydrogen-bond acceptors (Lipinski definition) is 2. The number of nitrogens with zero attached hydrogens (tertiary/aromatic N) is 1. The van der Waals surface area contributed by atoms with Gasteiger partial charge in [0.25, 0.3) is 0 Å². The first-order valence-electron chi connectivity index (χ1n) is 9.07. The molecule has 2 atom stereocenters. The molecule has 142 valence electrons. The smallest absolute Gasteiger partial charge is 0.243 e. The summed E-state index contributed by atoms with van der Waals surface area (Å²) >= 11 is 12.0. The Morgan fingerprint density at radius 3 is 2.33 bits per heavy atom. The molecular formula is C22H24Cl2N2O. The molecule has 0 heterocycles. The minimum Gasteiger partial charge on any atom is -0.273 e. The van der Waals surface area contributed by atoms with Gasteiger partial charge in [-0.1, -0.05) is 74.3 Å². The van der Waals surface area contributed by atoms with E-state index in [1.54, 1.807) is 12.1 Å². The predicted octanol–water partition coefficient (Wildman–Crippen LogP) is 5.93. The topological polar surface area (TPSA) is 41.5 Å². The Balaban J connectivity index is 1.60. The third-order valence-corrected chi connectivity index (χ3v) is 5.74. The number of hydrazone groups is 1. The lowest BCUT2D eigenvalue weighted by Crippen LogP contribution is -2.21. The molecule has 3 nitrogen and oxygen atoms in total. The van der Waals surface area contributed by atoms with Gasteiger partial charge in [0.1, 0.15) is 0 Å². The van der Waals surface area contributed by atoms with Crippen LogP contribution < -0.4 is 5.43 Å². The lowest BCUT2D eigenvalue weighted by molar-refractivity contribution is -0.122. The van der Waals surface area contributed by atoms with Crippen molar-refractivity contribution < 1.29 is 4.79 Å². The molecule has 0 aromatic heterocycles. The molecule has 2 aromatic rings. The summed E-state index contributed by atoms with van der Waals surface area (Å²) in [6, 6.07) is 13.9. The van der Waals surface area contributed by atoms with Crippen LogP contribution in [0.5, 0.6) is 0 Å². The summed E-state index contributed by atoms with van der Waals surface area (Å²) < 4.78 is 0. The first kappa shape index (κ1) is 19.9. The number of amides is 1. The fourth-order valence-electron chi connectivity index (χ4n) is 3.09. The van der Waals surface area contributed by atoms with E-state index in [1.807, 2.05) is 13.0 Å². The lowest BCUT2D eigenvalue weighted by atomic mass is 9.86. The molecule has 1 saturated carbocycles. The third kappa shape index (κ3) is 4.72. The summed E-state index contributed by atoms with van der Waals surface area (Å²) in [4.78, 5) is 12.4. The summed E-state index contributed by atoms with van der Waals surface area (Å²) in [5.74, 6) is 0.217. The highest BCUT2D eigenvalue weighted by atomic mass is 35.5. The highest BCUT2D eigenvalue weighted by Gasteiger charge is 2.44. The van der Waals surface area contributed by atoms with Gasteiger partial charge in [-0.05, 0) is 53.5 Å². The van der Waals surface area contributed by atoms with Crippen molar-refractivity contribution in [1.29, 1.82) is 0 Å². The van der Waals surface area contributed by atoms with Crippen molar-refractivity contribution in [1.82, 2.24) is 5.43 Å². The molecular weight excluding hydrogens is 379 g/mol. The van der Waals surface area contributed by atoms with Crippen molar-refractivity contribution in [2.45, 2.75) is 45.4 Å². The Hall–Kier alpha value is -1.84. The maximum atomic E-state index is 12.4. The molecule has 0 radical (unpaired) electrons. The first-order valence-corrected chi connectivity index (χ1v) is 9.82. The minimum atomic E-state index is -0.0423. The van der Waals surface area contributed by atoms with E-state index in [9.17, 15) is 4.79 Å². The predicted molar refractivity (Wildman–Crippen MR) is 113 cm³/mol. The van der Waals surface area contributed by atoms with Crippen molar-refractivity contribution in [3.05, 3.63) is 69.2 Å². The van der Waals surface area contributed by atoms with Gasteiger partial charge in [-0.3, -0.25) is 4.79 Å². The minimum absolute atomic E-state index is 0.0177. The van der Waals surface area contributed by atoms with Crippen LogP contribution in [0.3, 0.4) is 0 Å².